The van der Waals surface area contributed by atoms with Crippen LogP contribution in [0.5, 0.6) is 0 Å². The van der Waals surface area contributed by atoms with E-state index < -0.39 is 54.1 Å². The Morgan fingerprint density at radius 1 is 1.21 bits per heavy atom. The molecule has 1 fully saturated rings. The summed E-state index contributed by atoms with van der Waals surface area (Å²) in [5.41, 5.74) is -0.246. The van der Waals surface area contributed by atoms with Crippen LogP contribution in [0.3, 0.4) is 0 Å². The molecule has 0 radical (unpaired) electrons. The smallest absolute Gasteiger partial charge is 0.415 e. The first-order valence-electron chi connectivity index (χ1n) is 11.6. The van der Waals surface area contributed by atoms with Gasteiger partial charge in [-0.3, -0.25) is 14.9 Å². The summed E-state index contributed by atoms with van der Waals surface area (Å²) in [5.74, 6) is -2.33. The molecule has 4 rings (SSSR count). The number of benzene rings is 2. The van der Waals surface area contributed by atoms with Crippen LogP contribution in [0.25, 0.3) is 0 Å². The van der Waals surface area contributed by atoms with E-state index in [1.54, 1.807) is 0 Å². The fourth-order valence-corrected chi connectivity index (χ4v) is 4.88. The predicted octanol–water partition coefficient (Wildman–Crippen LogP) is 4.41. The van der Waals surface area contributed by atoms with Crippen LogP contribution >= 0.6 is 11.6 Å². The molecular weight excluding hydrogens is 529 g/mol. The number of hydrogen-bond acceptors (Lipinski definition) is 5. The van der Waals surface area contributed by atoms with Crippen molar-refractivity contribution in [2.45, 2.75) is 50.0 Å². The molecule has 3 N–H and O–H groups in total. The Morgan fingerprint density at radius 3 is 2.47 bits per heavy atom. The summed E-state index contributed by atoms with van der Waals surface area (Å²) in [4.78, 5) is 50.6. The quantitative estimate of drug-likeness (QED) is 0.491. The number of ether oxygens (including phenoxy) is 1. The van der Waals surface area contributed by atoms with Gasteiger partial charge >= 0.3 is 18.3 Å². The normalized spacial score (nSPS) is 20.9. The van der Waals surface area contributed by atoms with E-state index in [4.69, 9.17) is 16.3 Å². The number of anilines is 1. The molecule has 1 aliphatic carbocycles. The monoisotopic (exact) mass is 552 g/mol. The zero-order valence-corrected chi connectivity index (χ0v) is 21.1. The van der Waals surface area contributed by atoms with Crippen LogP contribution < -0.4 is 16.0 Å². The minimum absolute atomic E-state index is 0.149. The van der Waals surface area contributed by atoms with Gasteiger partial charge in [-0.1, -0.05) is 29.8 Å². The fraction of sp³-hybridized carbons (Fsp3) is 0.360. The summed E-state index contributed by atoms with van der Waals surface area (Å²) in [6.45, 7) is 0.574. The molecule has 9 nitrogen and oxygen atoms in total. The maximum atomic E-state index is 13.8. The highest BCUT2D eigenvalue weighted by Gasteiger charge is 2.57. The molecule has 2 aromatic rings. The number of nitrogens with one attached hydrogen (secondary N) is 3. The molecule has 1 spiro atoms. The van der Waals surface area contributed by atoms with Crippen molar-refractivity contribution in [3.8, 4) is 0 Å². The fourth-order valence-electron chi connectivity index (χ4n) is 4.76. The van der Waals surface area contributed by atoms with E-state index in [2.05, 4.69) is 16.0 Å². The lowest BCUT2D eigenvalue weighted by Gasteiger charge is -2.32. The Hall–Kier alpha value is -3.80. The second-order valence-electron chi connectivity index (χ2n) is 9.15. The van der Waals surface area contributed by atoms with Crippen LogP contribution in [0.2, 0.25) is 5.02 Å². The molecule has 2 aliphatic rings. The Bertz CT molecular complexity index is 1290. The van der Waals surface area contributed by atoms with E-state index in [1.165, 1.54) is 49.5 Å². The van der Waals surface area contributed by atoms with Crippen LogP contribution in [-0.2, 0) is 26.5 Å². The van der Waals surface area contributed by atoms with E-state index in [0.29, 0.717) is 27.4 Å². The molecule has 2 unspecified atom stereocenters. The lowest BCUT2D eigenvalue weighted by Crippen LogP contribution is -2.46. The molecule has 3 atom stereocenters. The number of urea groups is 1. The van der Waals surface area contributed by atoms with Gasteiger partial charge in [0.05, 0.1) is 0 Å². The standard InChI is InChI=1S/C25H24ClF3N4O5/c1-13(25(27,28)29)33(12-14-3-5-16(26)6-4-14)20(34)9-15-11-24(21(35)32-23(37)38-24)19-8-7-17(10-18(15)19)31-22(36)30-2/h3-8,10,13,15H,9,11-12H2,1-2H3,(H2,30,31,36)(H,32,35,37)/t13-,15?,24?/m0/s1. The minimum atomic E-state index is -4.69. The third-order valence-electron chi connectivity index (χ3n) is 6.74. The highest BCUT2D eigenvalue weighted by atomic mass is 35.5. The zero-order chi connectivity index (χ0) is 27.8. The van der Waals surface area contributed by atoms with Crippen LogP contribution in [0.1, 0.15) is 42.4 Å². The average molecular weight is 553 g/mol. The number of halogens is 4. The molecule has 5 amide bonds. The third kappa shape index (κ3) is 5.26. The predicted molar refractivity (Wildman–Crippen MR) is 130 cm³/mol. The van der Waals surface area contributed by atoms with Gasteiger partial charge in [0.25, 0.3) is 5.91 Å². The Morgan fingerprint density at radius 2 is 1.89 bits per heavy atom. The van der Waals surface area contributed by atoms with Gasteiger partial charge in [0.15, 0.2) is 0 Å². The second-order valence-corrected chi connectivity index (χ2v) is 9.58. The van der Waals surface area contributed by atoms with Crippen molar-refractivity contribution in [1.82, 2.24) is 15.5 Å². The van der Waals surface area contributed by atoms with Gasteiger partial charge in [0.1, 0.15) is 6.04 Å². The number of fused-ring (bicyclic) bond motifs is 2. The number of alkyl halides is 3. The van der Waals surface area contributed by atoms with Gasteiger partial charge < -0.3 is 20.3 Å². The summed E-state index contributed by atoms with van der Waals surface area (Å²) in [7, 11) is 1.42. The van der Waals surface area contributed by atoms with E-state index in [0.717, 1.165) is 11.8 Å². The minimum Gasteiger partial charge on any atom is -0.427 e. The van der Waals surface area contributed by atoms with Crippen molar-refractivity contribution in [3.05, 3.63) is 64.2 Å². The van der Waals surface area contributed by atoms with Crippen molar-refractivity contribution in [1.29, 1.82) is 0 Å². The van der Waals surface area contributed by atoms with Crippen LogP contribution in [0.4, 0.5) is 28.4 Å². The lowest BCUT2D eigenvalue weighted by atomic mass is 9.94. The number of carbonyl (C=O) groups is 4. The van der Waals surface area contributed by atoms with Gasteiger partial charge in [0, 0.05) is 42.7 Å². The summed E-state index contributed by atoms with van der Waals surface area (Å²) >= 11 is 5.88. The number of amides is 5. The molecule has 13 heteroatoms. The number of imide groups is 1. The lowest BCUT2D eigenvalue weighted by molar-refractivity contribution is -0.187. The number of hydrogen-bond donors (Lipinski definition) is 3. The topological polar surface area (TPSA) is 117 Å². The van der Waals surface area contributed by atoms with E-state index in [1.807, 2.05) is 0 Å². The average Bonchev–Trinajstić information content (AvgIpc) is 3.31. The highest BCUT2D eigenvalue weighted by Crippen LogP contribution is 2.51. The van der Waals surface area contributed by atoms with E-state index >= 15 is 0 Å². The first kappa shape index (κ1) is 27.2. The van der Waals surface area contributed by atoms with Gasteiger partial charge in [-0.25, -0.2) is 9.59 Å². The Labute approximate surface area is 220 Å². The first-order valence-corrected chi connectivity index (χ1v) is 12.0. The van der Waals surface area contributed by atoms with Crippen LogP contribution in [0, 0.1) is 0 Å². The largest absolute Gasteiger partial charge is 0.427 e. The molecule has 0 bridgehead atoms. The number of carbonyl (C=O) groups excluding carboxylic acids is 4. The van der Waals surface area contributed by atoms with Crippen molar-refractivity contribution in [2.24, 2.45) is 0 Å². The second kappa shape index (κ2) is 10.2. The van der Waals surface area contributed by atoms with Gasteiger partial charge in [-0.15, -0.1) is 0 Å². The molecule has 0 aromatic heterocycles. The van der Waals surface area contributed by atoms with Crippen molar-refractivity contribution >= 4 is 41.2 Å². The van der Waals surface area contributed by atoms with Crippen LogP contribution in [0.15, 0.2) is 42.5 Å². The summed E-state index contributed by atoms with van der Waals surface area (Å²) < 4.78 is 46.6. The Balaban J connectivity index is 1.68. The molecule has 1 aliphatic heterocycles. The molecule has 38 heavy (non-hydrogen) atoms. The van der Waals surface area contributed by atoms with Gasteiger partial charge in [-0.05, 0) is 48.2 Å². The van der Waals surface area contributed by atoms with E-state index in [9.17, 15) is 32.3 Å². The van der Waals surface area contributed by atoms with Crippen molar-refractivity contribution < 1.29 is 37.1 Å². The number of rotatable bonds is 6. The summed E-state index contributed by atoms with van der Waals surface area (Å²) in [6.07, 6.45) is -6.21. The summed E-state index contributed by atoms with van der Waals surface area (Å²) in [6, 6.07) is 7.98. The van der Waals surface area contributed by atoms with Crippen molar-refractivity contribution in [3.63, 3.8) is 0 Å². The van der Waals surface area contributed by atoms with Gasteiger partial charge in [0.2, 0.25) is 11.5 Å². The van der Waals surface area contributed by atoms with E-state index in [-0.39, 0.29) is 13.0 Å². The maximum Gasteiger partial charge on any atom is 0.415 e. The number of alkyl carbamates (subject to hydrolysis) is 1. The molecule has 2 aromatic carbocycles. The molecule has 1 saturated heterocycles. The summed E-state index contributed by atoms with van der Waals surface area (Å²) in [5, 5.41) is 7.45. The third-order valence-corrected chi connectivity index (χ3v) is 7.00. The zero-order valence-electron chi connectivity index (χ0n) is 20.3. The van der Waals surface area contributed by atoms with Crippen LogP contribution in [-0.4, -0.2) is 48.1 Å². The Kier molecular flexibility index (Phi) is 7.29. The van der Waals surface area contributed by atoms with Crippen molar-refractivity contribution in [2.75, 3.05) is 12.4 Å². The molecule has 0 saturated carbocycles. The number of nitrogens with zero attached hydrogens (tertiary/aromatic N) is 1. The molecular formula is C25H24ClF3N4O5. The first-order chi connectivity index (χ1) is 17.8. The van der Waals surface area contributed by atoms with Gasteiger partial charge in [-0.2, -0.15) is 13.2 Å². The molecule has 202 valence electrons. The molecule has 1 heterocycles. The SMILES string of the molecule is CNC(=O)Nc1ccc2c(c1)C(CC(=O)N(Cc1ccc(Cl)cc1)[C@@H](C)C(F)(F)F)CC21OC(=O)NC1=O. The highest BCUT2D eigenvalue weighted by molar-refractivity contribution is 6.30. The maximum absolute atomic E-state index is 13.8.